The fraction of sp³-hybridized carbons (Fsp3) is 0.560. The second kappa shape index (κ2) is 12.2. The van der Waals surface area contributed by atoms with E-state index in [1.807, 2.05) is 29.8 Å². The Morgan fingerprint density at radius 1 is 1.11 bits per heavy atom. The topological polar surface area (TPSA) is 90.7 Å². The molecule has 2 amide bonds. The lowest BCUT2D eigenvalue weighted by Crippen LogP contribution is -2.73. The van der Waals surface area contributed by atoms with E-state index in [-0.39, 0.29) is 43.2 Å². The van der Waals surface area contributed by atoms with E-state index in [1.54, 1.807) is 4.90 Å². The number of amides is 2. The number of piperidine rings is 1. The number of hydrogen-bond donors (Lipinski definition) is 2. The van der Waals surface area contributed by atoms with Crippen LogP contribution in [-0.4, -0.2) is 74.3 Å². The molecule has 2 fully saturated rings. The number of aliphatic hydroxyl groups excluding tert-OH is 1. The standard InChI is InChI=1S/C25H35N5O3.2ClH/c1-4-5-13-29-23(32)22(17-31)26-24(33)25(29)11-14-28(15-12-25)16-21-18(2)27-30(19(21)3)20-9-7-6-8-10-20;;/h6-10,22,31H,4-5,11-17H2,1-3H3,(H,26,33);2*1H/t22-;;/m0../s1. The third-order valence-electron chi connectivity index (χ3n) is 7.23. The van der Waals surface area contributed by atoms with Gasteiger partial charge in [-0.05, 0) is 45.2 Å². The number of piperazine rings is 1. The number of benzene rings is 1. The van der Waals surface area contributed by atoms with Crippen LogP contribution in [0.25, 0.3) is 5.69 Å². The summed E-state index contributed by atoms with van der Waals surface area (Å²) < 4.78 is 1.99. The summed E-state index contributed by atoms with van der Waals surface area (Å²) in [6.45, 7) is 8.63. The molecule has 2 saturated heterocycles. The smallest absolute Gasteiger partial charge is 0.248 e. The minimum Gasteiger partial charge on any atom is -0.394 e. The predicted molar refractivity (Wildman–Crippen MR) is 140 cm³/mol. The Bertz CT molecular complexity index is 1010. The van der Waals surface area contributed by atoms with Gasteiger partial charge in [-0.15, -0.1) is 24.8 Å². The number of halogens is 2. The van der Waals surface area contributed by atoms with Gasteiger partial charge in [0.1, 0.15) is 11.6 Å². The minimum atomic E-state index is -0.827. The average Bonchev–Trinajstić information content (AvgIpc) is 3.11. The zero-order valence-electron chi connectivity index (χ0n) is 20.7. The van der Waals surface area contributed by atoms with E-state index in [9.17, 15) is 14.7 Å². The lowest BCUT2D eigenvalue weighted by Gasteiger charge is -2.51. The Morgan fingerprint density at radius 3 is 2.37 bits per heavy atom. The number of aryl methyl sites for hydroxylation is 1. The van der Waals surface area contributed by atoms with Crippen molar-refractivity contribution in [2.75, 3.05) is 26.2 Å². The largest absolute Gasteiger partial charge is 0.394 e. The molecule has 2 aliphatic rings. The summed E-state index contributed by atoms with van der Waals surface area (Å²) >= 11 is 0. The monoisotopic (exact) mass is 525 g/mol. The van der Waals surface area contributed by atoms with Gasteiger partial charge in [0.05, 0.1) is 18.0 Å². The van der Waals surface area contributed by atoms with Gasteiger partial charge < -0.3 is 15.3 Å². The first-order valence-corrected chi connectivity index (χ1v) is 12.0. The molecule has 1 spiro atoms. The van der Waals surface area contributed by atoms with Crippen molar-refractivity contribution in [3.63, 3.8) is 0 Å². The highest BCUT2D eigenvalue weighted by Gasteiger charge is 2.53. The van der Waals surface area contributed by atoms with Gasteiger partial charge in [0.15, 0.2) is 0 Å². The summed E-state index contributed by atoms with van der Waals surface area (Å²) in [4.78, 5) is 30.3. The molecule has 1 atom stereocenters. The van der Waals surface area contributed by atoms with E-state index in [0.717, 1.165) is 49.6 Å². The van der Waals surface area contributed by atoms with E-state index in [4.69, 9.17) is 5.10 Å². The van der Waals surface area contributed by atoms with Crippen molar-refractivity contribution < 1.29 is 14.7 Å². The molecular weight excluding hydrogens is 489 g/mol. The van der Waals surface area contributed by atoms with E-state index in [2.05, 4.69) is 36.2 Å². The van der Waals surface area contributed by atoms with Crippen LogP contribution in [0.4, 0.5) is 0 Å². The second-order valence-corrected chi connectivity index (χ2v) is 9.26. The zero-order chi connectivity index (χ0) is 23.6. The summed E-state index contributed by atoms with van der Waals surface area (Å²) in [5, 5.41) is 17.1. The van der Waals surface area contributed by atoms with Gasteiger partial charge in [0, 0.05) is 37.4 Å². The van der Waals surface area contributed by atoms with Crippen molar-refractivity contribution in [3.8, 4) is 5.69 Å². The van der Waals surface area contributed by atoms with Crippen molar-refractivity contribution in [3.05, 3.63) is 47.3 Å². The van der Waals surface area contributed by atoms with Crippen molar-refractivity contribution in [1.82, 2.24) is 24.9 Å². The number of aliphatic hydroxyl groups is 1. The van der Waals surface area contributed by atoms with Crippen LogP contribution in [0.1, 0.15) is 49.6 Å². The third-order valence-corrected chi connectivity index (χ3v) is 7.23. The SMILES string of the molecule is CCCCN1C(=O)[C@H](CO)NC(=O)C12CCN(Cc1c(C)nn(-c3ccccc3)c1C)CC2.Cl.Cl. The van der Waals surface area contributed by atoms with Gasteiger partial charge in [0.25, 0.3) is 0 Å². The van der Waals surface area contributed by atoms with Gasteiger partial charge >= 0.3 is 0 Å². The maximum absolute atomic E-state index is 13.1. The number of carbonyl (C=O) groups is 2. The molecule has 0 unspecified atom stereocenters. The van der Waals surface area contributed by atoms with Gasteiger partial charge in [-0.2, -0.15) is 5.10 Å². The van der Waals surface area contributed by atoms with Crippen molar-refractivity contribution >= 4 is 36.6 Å². The van der Waals surface area contributed by atoms with Gasteiger partial charge in [-0.1, -0.05) is 31.5 Å². The molecule has 3 heterocycles. The molecule has 35 heavy (non-hydrogen) atoms. The van der Waals surface area contributed by atoms with Crippen LogP contribution < -0.4 is 5.32 Å². The molecule has 2 aliphatic heterocycles. The molecule has 2 N–H and O–H groups in total. The van der Waals surface area contributed by atoms with Crippen LogP contribution in [0.15, 0.2) is 30.3 Å². The first-order chi connectivity index (χ1) is 15.9. The van der Waals surface area contributed by atoms with Crippen molar-refractivity contribution in [1.29, 1.82) is 0 Å². The van der Waals surface area contributed by atoms with Crippen LogP contribution in [0, 0.1) is 13.8 Å². The normalized spacial score (nSPS) is 19.8. The molecule has 4 rings (SSSR count). The molecule has 2 aromatic rings. The van der Waals surface area contributed by atoms with E-state index in [1.165, 1.54) is 5.56 Å². The molecule has 0 saturated carbocycles. The highest BCUT2D eigenvalue weighted by molar-refractivity contribution is 6.00. The van der Waals surface area contributed by atoms with Crippen LogP contribution in [0.2, 0.25) is 0 Å². The number of para-hydroxylation sites is 1. The number of rotatable bonds is 7. The fourth-order valence-corrected chi connectivity index (χ4v) is 5.17. The highest BCUT2D eigenvalue weighted by Crippen LogP contribution is 2.34. The molecule has 1 aromatic heterocycles. The lowest BCUT2D eigenvalue weighted by molar-refractivity contribution is -0.162. The van der Waals surface area contributed by atoms with Gasteiger partial charge in [0.2, 0.25) is 11.8 Å². The van der Waals surface area contributed by atoms with Crippen LogP contribution in [0.3, 0.4) is 0 Å². The summed E-state index contributed by atoms with van der Waals surface area (Å²) in [5.74, 6) is -0.281. The third kappa shape index (κ3) is 5.50. The molecular formula is C25H37Cl2N5O3. The molecule has 0 bridgehead atoms. The van der Waals surface area contributed by atoms with Crippen molar-refractivity contribution in [2.24, 2.45) is 0 Å². The average molecular weight is 527 g/mol. The quantitative estimate of drug-likeness (QED) is 0.579. The number of unbranched alkanes of at least 4 members (excludes halogenated alkanes) is 1. The zero-order valence-corrected chi connectivity index (χ0v) is 22.3. The van der Waals surface area contributed by atoms with E-state index >= 15 is 0 Å². The Hall–Kier alpha value is -2.13. The number of carbonyl (C=O) groups excluding carboxylic acids is 2. The molecule has 1 aromatic carbocycles. The summed E-state index contributed by atoms with van der Waals surface area (Å²) in [5.41, 5.74) is 3.58. The highest BCUT2D eigenvalue weighted by atomic mass is 35.5. The first kappa shape index (κ1) is 29.1. The van der Waals surface area contributed by atoms with Gasteiger partial charge in [-0.3, -0.25) is 14.5 Å². The summed E-state index contributed by atoms with van der Waals surface area (Å²) in [7, 11) is 0. The van der Waals surface area contributed by atoms with Crippen LogP contribution in [0.5, 0.6) is 0 Å². The lowest BCUT2D eigenvalue weighted by atomic mass is 9.81. The molecule has 194 valence electrons. The first-order valence-electron chi connectivity index (χ1n) is 12.0. The van der Waals surface area contributed by atoms with Crippen LogP contribution in [-0.2, 0) is 16.1 Å². The Labute approximate surface area is 219 Å². The molecule has 0 radical (unpaired) electrons. The maximum atomic E-state index is 13.1. The number of likely N-dealkylation sites (tertiary alicyclic amines) is 1. The van der Waals surface area contributed by atoms with E-state index < -0.39 is 11.6 Å². The summed E-state index contributed by atoms with van der Waals surface area (Å²) in [6.07, 6.45) is 2.98. The fourth-order valence-electron chi connectivity index (χ4n) is 5.17. The number of aromatic nitrogens is 2. The van der Waals surface area contributed by atoms with Crippen molar-refractivity contribution in [2.45, 2.75) is 64.6 Å². The predicted octanol–water partition coefficient (Wildman–Crippen LogP) is 2.79. The minimum absolute atomic E-state index is 0. The van der Waals surface area contributed by atoms with E-state index in [0.29, 0.717) is 19.4 Å². The second-order valence-electron chi connectivity index (χ2n) is 9.26. The molecule has 10 heteroatoms. The maximum Gasteiger partial charge on any atom is 0.248 e. The molecule has 8 nitrogen and oxygen atoms in total. The summed E-state index contributed by atoms with van der Waals surface area (Å²) in [6, 6.07) is 9.30. The van der Waals surface area contributed by atoms with Gasteiger partial charge in [-0.25, -0.2) is 4.68 Å². The Balaban J connectivity index is 0.00000216. The number of nitrogens with one attached hydrogen (secondary N) is 1. The number of nitrogens with zero attached hydrogens (tertiary/aromatic N) is 4. The molecule has 0 aliphatic carbocycles. The Morgan fingerprint density at radius 2 is 1.77 bits per heavy atom. The Kier molecular flexibility index (Phi) is 10.2. The number of hydrogen-bond acceptors (Lipinski definition) is 5. The van der Waals surface area contributed by atoms with Crippen LogP contribution >= 0.6 is 24.8 Å².